The minimum absolute atomic E-state index is 0. The van der Waals surface area contributed by atoms with E-state index in [2.05, 4.69) is 5.32 Å². The maximum atomic E-state index is 11.9. The second-order valence-corrected chi connectivity index (χ2v) is 4.51. The van der Waals surface area contributed by atoms with Gasteiger partial charge in [-0.05, 0) is 18.6 Å². The summed E-state index contributed by atoms with van der Waals surface area (Å²) in [6.07, 6.45) is 1.43. The van der Waals surface area contributed by atoms with Crippen molar-refractivity contribution < 1.29 is 19.1 Å². The Bertz CT molecular complexity index is 511. The molecule has 1 aromatic rings. The average molecular weight is 332 g/mol. The lowest BCUT2D eigenvalue weighted by Gasteiger charge is -2.14. The molecular weight excluding hydrogens is 310 g/mol. The van der Waals surface area contributed by atoms with Crippen molar-refractivity contribution in [3.05, 3.63) is 18.2 Å². The lowest BCUT2D eigenvalue weighted by molar-refractivity contribution is -0.120. The zero-order valence-electron chi connectivity index (χ0n) is 12.6. The molecule has 0 heterocycles. The molecule has 1 atom stereocenters. The molecule has 0 radical (unpaired) electrons. The monoisotopic (exact) mass is 331 g/mol. The number of hydrogen-bond donors (Lipinski definition) is 3. The number of ether oxygens (including phenoxy) is 2. The van der Waals surface area contributed by atoms with Crippen LogP contribution >= 0.6 is 12.4 Å². The number of amides is 2. The van der Waals surface area contributed by atoms with Gasteiger partial charge in [-0.2, -0.15) is 0 Å². The van der Waals surface area contributed by atoms with Crippen LogP contribution in [-0.4, -0.2) is 31.6 Å². The standard InChI is InChI=1S/C14H21N3O4.ClH/c1-3-4-10(15)14(19)17-9-5-6-11(20-2)12(7-9)21-8-13(16)18;/h5-7,10H,3-4,8,15H2,1-2H3,(H2,16,18)(H,17,19);1H. The first-order chi connectivity index (χ1) is 9.97. The van der Waals surface area contributed by atoms with Gasteiger partial charge in [-0.15, -0.1) is 12.4 Å². The van der Waals surface area contributed by atoms with Gasteiger partial charge in [0.25, 0.3) is 5.91 Å². The van der Waals surface area contributed by atoms with Gasteiger partial charge in [0, 0.05) is 11.8 Å². The van der Waals surface area contributed by atoms with Crippen molar-refractivity contribution >= 4 is 29.9 Å². The van der Waals surface area contributed by atoms with Gasteiger partial charge in [0.15, 0.2) is 18.1 Å². The Balaban J connectivity index is 0.00000441. The molecule has 0 aliphatic carbocycles. The lowest BCUT2D eigenvalue weighted by Crippen LogP contribution is -2.35. The molecule has 8 heteroatoms. The Hall–Kier alpha value is -1.99. The van der Waals surface area contributed by atoms with Crippen molar-refractivity contribution in [2.75, 3.05) is 19.0 Å². The first kappa shape index (κ1) is 20.0. The Morgan fingerprint density at radius 3 is 2.55 bits per heavy atom. The van der Waals surface area contributed by atoms with Crippen LogP contribution in [0, 0.1) is 0 Å². The van der Waals surface area contributed by atoms with Crippen molar-refractivity contribution in [2.45, 2.75) is 25.8 Å². The number of nitrogens with one attached hydrogen (secondary N) is 1. The smallest absolute Gasteiger partial charge is 0.255 e. The van der Waals surface area contributed by atoms with Gasteiger partial charge in [-0.1, -0.05) is 13.3 Å². The summed E-state index contributed by atoms with van der Waals surface area (Å²) in [5, 5.41) is 2.69. The summed E-state index contributed by atoms with van der Waals surface area (Å²) in [7, 11) is 1.47. The van der Waals surface area contributed by atoms with E-state index in [-0.39, 0.29) is 24.9 Å². The number of anilines is 1. The highest BCUT2D eigenvalue weighted by Gasteiger charge is 2.14. The molecule has 1 rings (SSSR count). The summed E-state index contributed by atoms with van der Waals surface area (Å²) in [6, 6.07) is 4.27. The number of nitrogens with two attached hydrogens (primary N) is 2. The number of halogens is 1. The van der Waals surface area contributed by atoms with Crippen molar-refractivity contribution in [3.8, 4) is 11.5 Å². The van der Waals surface area contributed by atoms with Gasteiger partial charge < -0.3 is 26.3 Å². The van der Waals surface area contributed by atoms with E-state index in [4.69, 9.17) is 20.9 Å². The second-order valence-electron chi connectivity index (χ2n) is 4.51. The fourth-order valence-corrected chi connectivity index (χ4v) is 1.69. The summed E-state index contributed by atoms with van der Waals surface area (Å²) in [5.41, 5.74) is 11.3. The number of carbonyl (C=O) groups excluding carboxylic acids is 2. The highest BCUT2D eigenvalue weighted by Crippen LogP contribution is 2.30. The number of carbonyl (C=O) groups is 2. The summed E-state index contributed by atoms with van der Waals surface area (Å²) in [6.45, 7) is 1.68. The van der Waals surface area contributed by atoms with Crippen LogP contribution in [0.25, 0.3) is 0 Å². The first-order valence-corrected chi connectivity index (χ1v) is 6.63. The molecule has 1 unspecified atom stereocenters. The van der Waals surface area contributed by atoms with E-state index in [9.17, 15) is 9.59 Å². The third-order valence-corrected chi connectivity index (χ3v) is 2.74. The molecule has 0 bridgehead atoms. The number of benzene rings is 1. The molecule has 5 N–H and O–H groups in total. The van der Waals surface area contributed by atoms with Crippen LogP contribution in [0.5, 0.6) is 11.5 Å². The minimum Gasteiger partial charge on any atom is -0.493 e. The fourth-order valence-electron chi connectivity index (χ4n) is 1.69. The second kappa shape index (κ2) is 9.86. The van der Waals surface area contributed by atoms with Gasteiger partial charge in [-0.3, -0.25) is 9.59 Å². The Kier molecular flexibility index (Phi) is 8.97. The molecule has 1 aromatic carbocycles. The van der Waals surface area contributed by atoms with Crippen LogP contribution in [0.15, 0.2) is 18.2 Å². The molecule has 0 aromatic heterocycles. The van der Waals surface area contributed by atoms with Gasteiger partial charge in [0.05, 0.1) is 13.2 Å². The number of primary amides is 1. The highest BCUT2D eigenvalue weighted by molar-refractivity contribution is 5.94. The maximum Gasteiger partial charge on any atom is 0.255 e. The normalized spacial score (nSPS) is 11.0. The Labute approximate surface area is 135 Å². The molecule has 7 nitrogen and oxygen atoms in total. The zero-order valence-corrected chi connectivity index (χ0v) is 13.4. The predicted octanol–water partition coefficient (Wildman–Crippen LogP) is 1.05. The SMILES string of the molecule is CCCC(N)C(=O)Nc1ccc(OC)c(OCC(N)=O)c1.Cl. The molecule has 0 saturated heterocycles. The Morgan fingerprint density at radius 1 is 1.32 bits per heavy atom. The van der Waals surface area contributed by atoms with E-state index in [1.807, 2.05) is 6.92 Å². The van der Waals surface area contributed by atoms with Crippen LogP contribution in [0.2, 0.25) is 0 Å². The summed E-state index contributed by atoms with van der Waals surface area (Å²) in [4.78, 5) is 22.6. The number of methoxy groups -OCH3 is 1. The van der Waals surface area contributed by atoms with Gasteiger partial charge in [-0.25, -0.2) is 0 Å². The lowest BCUT2D eigenvalue weighted by atomic mass is 10.1. The van der Waals surface area contributed by atoms with E-state index in [0.29, 0.717) is 23.6 Å². The van der Waals surface area contributed by atoms with Gasteiger partial charge >= 0.3 is 0 Å². The third kappa shape index (κ3) is 6.19. The van der Waals surface area contributed by atoms with Gasteiger partial charge in [0.1, 0.15) is 0 Å². The number of rotatable bonds is 8. The maximum absolute atomic E-state index is 11.9. The van der Waals surface area contributed by atoms with Crippen molar-refractivity contribution in [3.63, 3.8) is 0 Å². The quantitative estimate of drug-likeness (QED) is 0.658. The van der Waals surface area contributed by atoms with Crippen molar-refractivity contribution in [2.24, 2.45) is 11.5 Å². The van der Waals surface area contributed by atoms with E-state index in [1.54, 1.807) is 18.2 Å². The minimum atomic E-state index is -0.601. The average Bonchev–Trinajstić information content (AvgIpc) is 2.45. The van der Waals surface area contributed by atoms with E-state index >= 15 is 0 Å². The molecule has 0 spiro atoms. The van der Waals surface area contributed by atoms with E-state index in [0.717, 1.165) is 6.42 Å². The highest BCUT2D eigenvalue weighted by atomic mass is 35.5. The molecule has 0 aliphatic heterocycles. The predicted molar refractivity (Wildman–Crippen MR) is 86.4 cm³/mol. The first-order valence-electron chi connectivity index (χ1n) is 6.63. The molecule has 0 saturated carbocycles. The zero-order chi connectivity index (χ0) is 15.8. The topological polar surface area (TPSA) is 117 Å². The number of hydrogen-bond acceptors (Lipinski definition) is 5. The van der Waals surface area contributed by atoms with Crippen LogP contribution in [-0.2, 0) is 9.59 Å². The van der Waals surface area contributed by atoms with Crippen molar-refractivity contribution in [1.82, 2.24) is 0 Å². The van der Waals surface area contributed by atoms with Crippen molar-refractivity contribution in [1.29, 1.82) is 0 Å². The van der Waals surface area contributed by atoms with E-state index in [1.165, 1.54) is 7.11 Å². The summed E-state index contributed by atoms with van der Waals surface area (Å²) in [5.74, 6) is -0.121. The molecule has 0 fully saturated rings. The van der Waals surface area contributed by atoms with Crippen LogP contribution in [0.1, 0.15) is 19.8 Å². The molecule has 124 valence electrons. The molecule has 0 aliphatic rings. The largest absolute Gasteiger partial charge is 0.493 e. The fraction of sp³-hybridized carbons (Fsp3) is 0.429. The van der Waals surface area contributed by atoms with Gasteiger partial charge in [0.2, 0.25) is 5.91 Å². The third-order valence-electron chi connectivity index (χ3n) is 2.74. The molecule has 2 amide bonds. The Morgan fingerprint density at radius 2 is 2.00 bits per heavy atom. The van der Waals surface area contributed by atoms with Crippen LogP contribution in [0.3, 0.4) is 0 Å². The van der Waals surface area contributed by atoms with Crippen LogP contribution in [0.4, 0.5) is 5.69 Å². The molecular formula is C14H22ClN3O4. The molecule has 22 heavy (non-hydrogen) atoms. The summed E-state index contributed by atoms with van der Waals surface area (Å²) < 4.78 is 10.3. The van der Waals surface area contributed by atoms with Crippen LogP contribution < -0.4 is 26.3 Å². The summed E-state index contributed by atoms with van der Waals surface area (Å²) >= 11 is 0. The van der Waals surface area contributed by atoms with E-state index < -0.39 is 11.9 Å².